The first-order chi connectivity index (χ1) is 8.00. The lowest BCUT2D eigenvalue weighted by Crippen LogP contribution is -2.17. The van der Waals surface area contributed by atoms with E-state index in [0.29, 0.717) is 6.42 Å². The molecule has 1 aromatic heterocycles. The average Bonchev–Trinajstić information content (AvgIpc) is 3.03. The van der Waals surface area contributed by atoms with E-state index in [1.54, 1.807) is 0 Å². The minimum absolute atomic E-state index is 0.0193. The maximum atomic E-state index is 11.6. The molecule has 1 saturated carbocycles. The molecule has 1 heterocycles. The van der Waals surface area contributed by atoms with E-state index in [-0.39, 0.29) is 16.0 Å². The van der Waals surface area contributed by atoms with Crippen LogP contribution in [0.4, 0.5) is 5.69 Å². The van der Waals surface area contributed by atoms with E-state index in [1.165, 1.54) is 0 Å². The minimum atomic E-state index is -0.980. The van der Waals surface area contributed by atoms with Gasteiger partial charge in [-0.05, 0) is 6.42 Å². The molecule has 1 amide bonds. The number of nitrogens with one attached hydrogen (secondary N) is 1. The van der Waals surface area contributed by atoms with Gasteiger partial charge in [0, 0.05) is 0 Å². The van der Waals surface area contributed by atoms with Gasteiger partial charge in [0.1, 0.15) is 12.0 Å². The molecule has 0 radical (unpaired) electrons. The van der Waals surface area contributed by atoms with E-state index in [9.17, 15) is 9.59 Å². The van der Waals surface area contributed by atoms with Crippen molar-refractivity contribution in [2.45, 2.75) is 6.42 Å². The monoisotopic (exact) mass is 275 g/mol. The van der Waals surface area contributed by atoms with E-state index < -0.39 is 23.7 Å². The van der Waals surface area contributed by atoms with Crippen molar-refractivity contribution in [3.63, 3.8) is 0 Å². The molecule has 17 heavy (non-hydrogen) atoms. The number of hydrogen-bond acceptors (Lipinski definition) is 4. The minimum Gasteiger partial charge on any atom is -0.481 e. The predicted octanol–water partition coefficient (Wildman–Crippen LogP) is 1.44. The van der Waals surface area contributed by atoms with Gasteiger partial charge in [0.2, 0.25) is 5.91 Å². The number of carbonyl (C=O) groups is 2. The van der Waals surface area contributed by atoms with Crippen LogP contribution in [-0.4, -0.2) is 27.0 Å². The van der Waals surface area contributed by atoms with Crippen molar-refractivity contribution < 1.29 is 14.7 Å². The molecule has 1 aliphatic rings. The first kappa shape index (κ1) is 12.1. The van der Waals surface area contributed by atoms with Gasteiger partial charge in [0.05, 0.1) is 11.8 Å². The summed E-state index contributed by atoms with van der Waals surface area (Å²) in [5.41, 5.74) is 0.108. The lowest BCUT2D eigenvalue weighted by atomic mass is 10.3. The summed E-state index contributed by atoms with van der Waals surface area (Å²) < 4.78 is 0. The van der Waals surface area contributed by atoms with Crippen molar-refractivity contribution in [1.29, 1.82) is 0 Å². The maximum absolute atomic E-state index is 11.6. The second-order valence-electron chi connectivity index (χ2n) is 3.61. The molecule has 0 spiro atoms. The molecule has 0 unspecified atom stereocenters. The number of rotatable bonds is 3. The van der Waals surface area contributed by atoms with Crippen molar-refractivity contribution in [3.05, 3.63) is 16.6 Å². The molecular formula is C9H7Cl2N3O3. The molecule has 8 heteroatoms. The number of anilines is 1. The largest absolute Gasteiger partial charge is 0.481 e. The van der Waals surface area contributed by atoms with E-state index in [0.717, 1.165) is 6.33 Å². The van der Waals surface area contributed by atoms with Gasteiger partial charge >= 0.3 is 5.97 Å². The quantitative estimate of drug-likeness (QED) is 0.815. The molecule has 1 aromatic rings. The molecular weight excluding hydrogens is 269 g/mol. The third-order valence-corrected chi connectivity index (χ3v) is 3.02. The SMILES string of the molecule is O=C(O)[C@H]1C[C@H]1C(=O)Nc1c(Cl)ncnc1Cl. The number of hydrogen-bond donors (Lipinski definition) is 2. The highest BCUT2D eigenvalue weighted by atomic mass is 35.5. The third kappa shape index (κ3) is 2.48. The van der Waals surface area contributed by atoms with Crippen LogP contribution in [0, 0.1) is 11.8 Å². The smallest absolute Gasteiger partial charge is 0.307 e. The second kappa shape index (κ2) is 4.46. The standard InChI is InChI=1S/C9H7Cl2N3O3/c10-6-5(7(11)13-2-12-6)14-8(15)3-1-4(3)9(16)17/h2-4H,1H2,(H,14,15)(H,16,17)/t3-,4+/m1/s1. The topological polar surface area (TPSA) is 92.2 Å². The molecule has 1 aliphatic carbocycles. The highest BCUT2D eigenvalue weighted by Crippen LogP contribution is 2.40. The van der Waals surface area contributed by atoms with E-state index in [4.69, 9.17) is 28.3 Å². The zero-order valence-corrected chi connectivity index (χ0v) is 9.87. The molecule has 2 N–H and O–H groups in total. The number of carboxylic acids is 1. The molecule has 0 aromatic carbocycles. The van der Waals surface area contributed by atoms with Crippen LogP contribution in [0.3, 0.4) is 0 Å². The van der Waals surface area contributed by atoms with Gasteiger partial charge in [-0.1, -0.05) is 23.2 Å². The fourth-order valence-corrected chi connectivity index (χ4v) is 1.83. The van der Waals surface area contributed by atoms with Gasteiger partial charge in [-0.25, -0.2) is 9.97 Å². The summed E-state index contributed by atoms with van der Waals surface area (Å²) in [6, 6.07) is 0. The summed E-state index contributed by atoms with van der Waals surface area (Å²) in [6.45, 7) is 0. The van der Waals surface area contributed by atoms with Crippen LogP contribution in [0.25, 0.3) is 0 Å². The normalized spacial score (nSPS) is 22.0. The summed E-state index contributed by atoms with van der Waals surface area (Å²) in [4.78, 5) is 29.6. The Balaban J connectivity index is 2.07. The van der Waals surface area contributed by atoms with Crippen LogP contribution in [0.1, 0.15) is 6.42 Å². The van der Waals surface area contributed by atoms with Gasteiger partial charge in [-0.2, -0.15) is 0 Å². The molecule has 1 fully saturated rings. The van der Waals surface area contributed by atoms with Crippen LogP contribution < -0.4 is 5.32 Å². The van der Waals surface area contributed by atoms with Crippen LogP contribution in [-0.2, 0) is 9.59 Å². The third-order valence-electron chi connectivity index (χ3n) is 2.45. The molecule has 0 aliphatic heterocycles. The number of halogens is 2. The Morgan fingerprint density at radius 3 is 2.35 bits per heavy atom. The number of amides is 1. The summed E-state index contributed by atoms with van der Waals surface area (Å²) in [5, 5.41) is 11.2. The van der Waals surface area contributed by atoms with Crippen LogP contribution >= 0.6 is 23.2 Å². The van der Waals surface area contributed by atoms with E-state index in [2.05, 4.69) is 15.3 Å². The van der Waals surface area contributed by atoms with Crippen molar-refractivity contribution in [2.24, 2.45) is 11.8 Å². The predicted molar refractivity (Wildman–Crippen MR) is 59.9 cm³/mol. The first-order valence-electron chi connectivity index (χ1n) is 4.70. The highest BCUT2D eigenvalue weighted by molar-refractivity contribution is 6.38. The molecule has 2 rings (SSSR count). The number of aliphatic carboxylic acids is 1. The zero-order chi connectivity index (χ0) is 12.6. The molecule has 6 nitrogen and oxygen atoms in total. The highest BCUT2D eigenvalue weighted by Gasteiger charge is 2.48. The average molecular weight is 276 g/mol. The molecule has 90 valence electrons. The van der Waals surface area contributed by atoms with Gasteiger partial charge in [0.15, 0.2) is 10.3 Å². The summed E-state index contributed by atoms with van der Waals surface area (Å²) in [7, 11) is 0. The molecule has 0 bridgehead atoms. The fraction of sp³-hybridized carbons (Fsp3) is 0.333. The Morgan fingerprint density at radius 2 is 1.88 bits per heavy atom. The number of carboxylic acid groups (broad SMARTS) is 1. The number of nitrogens with zero attached hydrogens (tertiary/aromatic N) is 2. The summed E-state index contributed by atoms with van der Waals surface area (Å²) in [6.07, 6.45) is 1.49. The van der Waals surface area contributed by atoms with Crippen LogP contribution in [0.5, 0.6) is 0 Å². The molecule has 0 saturated heterocycles. The van der Waals surface area contributed by atoms with Crippen LogP contribution in [0.2, 0.25) is 10.3 Å². The van der Waals surface area contributed by atoms with Crippen molar-refractivity contribution >= 4 is 40.8 Å². The van der Waals surface area contributed by atoms with Crippen molar-refractivity contribution in [1.82, 2.24) is 9.97 Å². The lowest BCUT2D eigenvalue weighted by molar-refractivity contribution is -0.139. The van der Waals surface area contributed by atoms with Gasteiger partial charge in [0.25, 0.3) is 0 Å². The van der Waals surface area contributed by atoms with E-state index >= 15 is 0 Å². The Kier molecular flexibility index (Phi) is 3.17. The Labute approximate surface area is 106 Å². The van der Waals surface area contributed by atoms with Gasteiger partial charge in [-0.3, -0.25) is 9.59 Å². The maximum Gasteiger partial charge on any atom is 0.307 e. The zero-order valence-electron chi connectivity index (χ0n) is 8.35. The Morgan fingerprint density at radius 1 is 1.29 bits per heavy atom. The second-order valence-corrected chi connectivity index (χ2v) is 4.32. The number of aromatic nitrogens is 2. The Hall–Kier alpha value is -1.40. The fourth-order valence-electron chi connectivity index (χ4n) is 1.42. The summed E-state index contributed by atoms with van der Waals surface area (Å²) in [5.74, 6) is -2.58. The van der Waals surface area contributed by atoms with Crippen LogP contribution in [0.15, 0.2) is 6.33 Å². The number of carbonyl (C=O) groups excluding carboxylic acids is 1. The van der Waals surface area contributed by atoms with Gasteiger partial charge < -0.3 is 10.4 Å². The lowest BCUT2D eigenvalue weighted by Gasteiger charge is -2.06. The van der Waals surface area contributed by atoms with E-state index in [1.807, 2.05) is 0 Å². The summed E-state index contributed by atoms with van der Waals surface area (Å²) >= 11 is 11.5. The van der Waals surface area contributed by atoms with Crippen molar-refractivity contribution in [2.75, 3.05) is 5.32 Å². The first-order valence-corrected chi connectivity index (χ1v) is 5.46. The van der Waals surface area contributed by atoms with Crippen molar-refractivity contribution in [3.8, 4) is 0 Å². The molecule has 2 atom stereocenters. The Bertz CT molecular complexity index is 474. The van der Waals surface area contributed by atoms with Gasteiger partial charge in [-0.15, -0.1) is 0 Å².